The fourth-order valence-electron chi connectivity index (χ4n) is 0.739. The molecule has 0 spiro atoms. The minimum atomic E-state index is 0.586. The Kier molecular flexibility index (Phi) is 2.53. The quantitative estimate of drug-likeness (QED) is 0.627. The summed E-state index contributed by atoms with van der Waals surface area (Å²) in [6.07, 6.45) is 5.46. The van der Waals surface area contributed by atoms with E-state index in [1.165, 1.54) is 10.1 Å². The smallest absolute Gasteiger partial charge is 0.0437 e. The zero-order chi connectivity index (χ0) is 6.85. The molecular weight excluding hydrogens is 244 g/mol. The monoisotopic (exact) mass is 250 g/mol. The minimum Gasteiger partial charge on any atom is -0.0835 e. The lowest BCUT2D eigenvalue weighted by Crippen LogP contribution is -2.10. The van der Waals surface area contributed by atoms with Crippen LogP contribution >= 0.6 is 31.9 Å². The first-order valence-electron chi connectivity index (χ1n) is 2.92. The Morgan fingerprint density at radius 2 is 2.56 bits per heavy atom. The largest absolute Gasteiger partial charge is 0.0835 e. The van der Waals surface area contributed by atoms with E-state index < -0.39 is 0 Å². The van der Waals surface area contributed by atoms with Crippen molar-refractivity contribution in [2.75, 3.05) is 0 Å². The number of alkyl halides is 1. The molecule has 2 heteroatoms. The summed E-state index contributed by atoms with van der Waals surface area (Å²) in [7, 11) is 0. The molecule has 0 aromatic carbocycles. The Bertz CT molecular complexity index is 168. The zero-order valence-electron chi connectivity index (χ0n) is 5.20. The molecular formula is C7H8Br2. The predicted molar refractivity (Wildman–Crippen MR) is 48.1 cm³/mol. The average molecular weight is 252 g/mol. The standard InChI is InChI=1S/C7H8Br2/c1-2-6(8)5-3-4-7(5)9/h2-3,7H,4H2,1H3/b6-2+/t7-/m1/s1. The van der Waals surface area contributed by atoms with Crippen molar-refractivity contribution in [2.45, 2.75) is 18.2 Å². The molecule has 0 unspecified atom stereocenters. The lowest BCUT2D eigenvalue weighted by atomic mass is 9.99. The molecule has 0 aliphatic heterocycles. The number of hydrogen-bond acceptors (Lipinski definition) is 0. The maximum atomic E-state index is 3.53. The molecule has 0 bridgehead atoms. The van der Waals surface area contributed by atoms with Crippen molar-refractivity contribution in [3.8, 4) is 0 Å². The van der Waals surface area contributed by atoms with Crippen molar-refractivity contribution in [3.63, 3.8) is 0 Å². The van der Waals surface area contributed by atoms with E-state index >= 15 is 0 Å². The van der Waals surface area contributed by atoms with E-state index in [9.17, 15) is 0 Å². The summed E-state index contributed by atoms with van der Waals surface area (Å²) in [6, 6.07) is 0. The van der Waals surface area contributed by atoms with Crippen LogP contribution < -0.4 is 0 Å². The van der Waals surface area contributed by atoms with Crippen LogP contribution in [-0.4, -0.2) is 4.83 Å². The van der Waals surface area contributed by atoms with Crippen molar-refractivity contribution in [2.24, 2.45) is 0 Å². The fourth-order valence-corrected chi connectivity index (χ4v) is 2.10. The summed E-state index contributed by atoms with van der Waals surface area (Å²) >= 11 is 6.99. The zero-order valence-corrected chi connectivity index (χ0v) is 8.37. The van der Waals surface area contributed by atoms with Gasteiger partial charge in [0.1, 0.15) is 0 Å². The maximum Gasteiger partial charge on any atom is 0.0437 e. The molecule has 1 aliphatic carbocycles. The van der Waals surface area contributed by atoms with Crippen LogP contribution in [0.25, 0.3) is 0 Å². The summed E-state index contributed by atoms with van der Waals surface area (Å²) < 4.78 is 1.22. The van der Waals surface area contributed by atoms with Gasteiger partial charge in [-0.2, -0.15) is 0 Å². The van der Waals surface area contributed by atoms with E-state index in [2.05, 4.69) is 44.0 Å². The third-order valence-electron chi connectivity index (χ3n) is 1.41. The number of hydrogen-bond donors (Lipinski definition) is 0. The molecule has 50 valence electrons. The van der Waals surface area contributed by atoms with Gasteiger partial charge in [0, 0.05) is 9.31 Å². The molecule has 0 heterocycles. The fraction of sp³-hybridized carbons (Fsp3) is 0.429. The van der Waals surface area contributed by atoms with Crippen molar-refractivity contribution >= 4 is 31.9 Å². The normalized spacial score (nSPS) is 27.2. The Balaban J connectivity index is 2.65. The first kappa shape index (κ1) is 7.55. The van der Waals surface area contributed by atoms with Crippen LogP contribution in [0.15, 0.2) is 22.2 Å². The van der Waals surface area contributed by atoms with Crippen molar-refractivity contribution in [1.29, 1.82) is 0 Å². The maximum absolute atomic E-state index is 3.53. The molecule has 9 heavy (non-hydrogen) atoms. The topological polar surface area (TPSA) is 0 Å². The predicted octanol–water partition coefficient (Wildman–Crippen LogP) is 3.38. The van der Waals surface area contributed by atoms with E-state index in [0.29, 0.717) is 4.83 Å². The molecule has 1 atom stereocenters. The van der Waals surface area contributed by atoms with Crippen molar-refractivity contribution in [3.05, 3.63) is 22.2 Å². The molecule has 1 rings (SSSR count). The van der Waals surface area contributed by atoms with Crippen LogP contribution in [0.4, 0.5) is 0 Å². The second kappa shape index (κ2) is 3.02. The van der Waals surface area contributed by atoms with Crippen molar-refractivity contribution in [1.82, 2.24) is 0 Å². The Morgan fingerprint density at radius 3 is 2.67 bits per heavy atom. The van der Waals surface area contributed by atoms with Crippen molar-refractivity contribution < 1.29 is 0 Å². The molecule has 0 amide bonds. The average Bonchev–Trinajstić information content (AvgIpc) is 1.84. The lowest BCUT2D eigenvalue weighted by molar-refractivity contribution is 0.939. The molecule has 0 aromatic heterocycles. The summed E-state index contributed by atoms with van der Waals surface area (Å²) in [6.45, 7) is 2.03. The van der Waals surface area contributed by atoms with Crippen LogP contribution in [0.5, 0.6) is 0 Å². The van der Waals surface area contributed by atoms with Gasteiger partial charge < -0.3 is 0 Å². The van der Waals surface area contributed by atoms with Gasteiger partial charge in [-0.15, -0.1) is 0 Å². The van der Waals surface area contributed by atoms with Gasteiger partial charge in [0.25, 0.3) is 0 Å². The van der Waals surface area contributed by atoms with Gasteiger partial charge in [0.15, 0.2) is 0 Å². The molecule has 0 N–H and O–H groups in total. The van der Waals surface area contributed by atoms with E-state index in [4.69, 9.17) is 0 Å². The first-order chi connectivity index (χ1) is 4.25. The highest BCUT2D eigenvalue weighted by atomic mass is 79.9. The van der Waals surface area contributed by atoms with Crippen LogP contribution in [0.1, 0.15) is 13.3 Å². The van der Waals surface area contributed by atoms with Gasteiger partial charge in [-0.3, -0.25) is 0 Å². The van der Waals surface area contributed by atoms with Gasteiger partial charge in [-0.05, 0) is 18.9 Å². The van der Waals surface area contributed by atoms with E-state index in [1.54, 1.807) is 0 Å². The number of halogens is 2. The van der Waals surface area contributed by atoms with Crippen LogP contribution in [0, 0.1) is 0 Å². The number of rotatable bonds is 1. The summed E-state index contributed by atoms with van der Waals surface area (Å²) in [5.41, 5.74) is 1.39. The molecule has 0 nitrogen and oxygen atoms in total. The summed E-state index contributed by atoms with van der Waals surface area (Å²) in [5, 5.41) is 0. The molecule has 0 saturated heterocycles. The second-order valence-corrected chi connectivity index (χ2v) is 3.96. The molecule has 0 aromatic rings. The molecule has 0 saturated carbocycles. The third kappa shape index (κ3) is 1.47. The second-order valence-electron chi connectivity index (χ2n) is 2.00. The summed E-state index contributed by atoms with van der Waals surface area (Å²) in [5.74, 6) is 0. The first-order valence-corrected chi connectivity index (χ1v) is 4.63. The molecule has 1 aliphatic rings. The highest BCUT2D eigenvalue weighted by Crippen LogP contribution is 2.34. The van der Waals surface area contributed by atoms with Gasteiger partial charge in [0.2, 0.25) is 0 Å². The molecule has 0 radical (unpaired) electrons. The van der Waals surface area contributed by atoms with E-state index in [-0.39, 0.29) is 0 Å². The Hall–Kier alpha value is 0.440. The SMILES string of the molecule is C/C=C(/Br)C1=CC[C@H]1Br. The van der Waals surface area contributed by atoms with Crippen LogP contribution in [-0.2, 0) is 0 Å². The number of allylic oxidation sites excluding steroid dienone is 4. The third-order valence-corrected chi connectivity index (χ3v) is 3.19. The molecule has 0 fully saturated rings. The Labute approximate surface area is 72.3 Å². The van der Waals surface area contributed by atoms with Crippen LogP contribution in [0.3, 0.4) is 0 Å². The van der Waals surface area contributed by atoms with Gasteiger partial charge in [-0.25, -0.2) is 0 Å². The van der Waals surface area contributed by atoms with Crippen LogP contribution in [0.2, 0.25) is 0 Å². The lowest BCUT2D eigenvalue weighted by Gasteiger charge is -2.20. The van der Waals surface area contributed by atoms with Gasteiger partial charge in [0.05, 0.1) is 0 Å². The van der Waals surface area contributed by atoms with E-state index in [0.717, 1.165) is 6.42 Å². The van der Waals surface area contributed by atoms with E-state index in [1.807, 2.05) is 6.92 Å². The highest BCUT2D eigenvalue weighted by molar-refractivity contribution is 9.12. The Morgan fingerprint density at radius 1 is 1.89 bits per heavy atom. The summed E-state index contributed by atoms with van der Waals surface area (Å²) in [4.78, 5) is 0.586. The van der Waals surface area contributed by atoms with Gasteiger partial charge in [-0.1, -0.05) is 44.0 Å². The highest BCUT2D eigenvalue weighted by Gasteiger charge is 2.18. The van der Waals surface area contributed by atoms with Gasteiger partial charge >= 0.3 is 0 Å². The minimum absolute atomic E-state index is 0.586.